The Kier molecular flexibility index (Phi) is 5.28. The molecule has 0 rings (SSSR count). The van der Waals surface area contributed by atoms with Crippen LogP contribution in [0.15, 0.2) is 0 Å². The molecular formula is C8H14O4. The normalized spacial score (nSPS) is 15.2. The Labute approximate surface area is 71.2 Å². The van der Waals surface area contributed by atoms with Gasteiger partial charge in [0.15, 0.2) is 0 Å². The van der Waals surface area contributed by atoms with Crippen LogP contribution in [0.1, 0.15) is 26.2 Å². The molecule has 0 spiro atoms. The Morgan fingerprint density at radius 2 is 2.08 bits per heavy atom. The third-order valence-electron chi connectivity index (χ3n) is 1.76. The van der Waals surface area contributed by atoms with Crippen molar-refractivity contribution in [1.82, 2.24) is 0 Å². The zero-order valence-electron chi connectivity index (χ0n) is 7.06. The number of carbonyl (C=O) groups is 2. The summed E-state index contributed by atoms with van der Waals surface area (Å²) >= 11 is 0. The van der Waals surface area contributed by atoms with E-state index in [4.69, 9.17) is 10.2 Å². The van der Waals surface area contributed by atoms with E-state index in [1.54, 1.807) is 6.92 Å². The van der Waals surface area contributed by atoms with Crippen molar-refractivity contribution < 1.29 is 19.8 Å². The van der Waals surface area contributed by atoms with E-state index in [0.29, 0.717) is 19.1 Å². The highest BCUT2D eigenvalue weighted by Gasteiger charge is 2.16. The first kappa shape index (κ1) is 11.1. The fourth-order valence-corrected chi connectivity index (χ4v) is 0.826. The molecule has 0 aromatic rings. The fourth-order valence-electron chi connectivity index (χ4n) is 0.826. The van der Waals surface area contributed by atoms with Crippen LogP contribution in [0, 0.1) is 5.92 Å². The van der Waals surface area contributed by atoms with E-state index >= 15 is 0 Å². The smallest absolute Gasteiger partial charge is 0.313 e. The average molecular weight is 174 g/mol. The molecule has 0 aliphatic rings. The van der Waals surface area contributed by atoms with Crippen LogP contribution in [-0.4, -0.2) is 28.6 Å². The van der Waals surface area contributed by atoms with Gasteiger partial charge >= 0.3 is 5.97 Å². The van der Waals surface area contributed by atoms with E-state index in [-0.39, 0.29) is 6.42 Å². The Bertz CT molecular complexity index is 155. The van der Waals surface area contributed by atoms with E-state index in [0.717, 1.165) is 0 Å². The lowest BCUT2D eigenvalue weighted by Crippen LogP contribution is -2.17. The topological polar surface area (TPSA) is 74.6 Å². The number of hydrogen-bond donors (Lipinski definition) is 2. The van der Waals surface area contributed by atoms with E-state index in [2.05, 4.69) is 0 Å². The van der Waals surface area contributed by atoms with E-state index < -0.39 is 18.0 Å². The quantitative estimate of drug-likeness (QED) is 0.452. The summed E-state index contributed by atoms with van der Waals surface area (Å²) in [6.07, 6.45) is 1.09. The van der Waals surface area contributed by atoms with Crippen molar-refractivity contribution in [3.05, 3.63) is 0 Å². The Balaban J connectivity index is 3.72. The summed E-state index contributed by atoms with van der Waals surface area (Å²) in [4.78, 5) is 20.5. The minimum atomic E-state index is -1.12. The summed E-state index contributed by atoms with van der Waals surface area (Å²) < 4.78 is 0. The summed E-state index contributed by atoms with van der Waals surface area (Å²) in [5, 5.41) is 17.5. The minimum Gasteiger partial charge on any atom is -0.481 e. The van der Waals surface area contributed by atoms with Gasteiger partial charge in [-0.1, -0.05) is 6.92 Å². The number of aliphatic hydroxyl groups is 1. The lowest BCUT2D eigenvalue weighted by atomic mass is 10.0. The number of aliphatic carboxylic acids is 1. The fraction of sp³-hybridized carbons (Fsp3) is 0.750. The number of aldehydes is 1. The van der Waals surface area contributed by atoms with E-state index in [9.17, 15) is 9.59 Å². The SMILES string of the molecule is CCC(O)CCC(C=O)C(=O)O. The number of hydrogen-bond acceptors (Lipinski definition) is 3. The van der Waals surface area contributed by atoms with Crippen LogP contribution in [0.5, 0.6) is 0 Å². The molecule has 0 aromatic heterocycles. The van der Waals surface area contributed by atoms with Crippen LogP contribution >= 0.6 is 0 Å². The van der Waals surface area contributed by atoms with Gasteiger partial charge in [0.25, 0.3) is 0 Å². The van der Waals surface area contributed by atoms with Crippen molar-refractivity contribution in [2.24, 2.45) is 5.92 Å². The van der Waals surface area contributed by atoms with E-state index in [1.165, 1.54) is 0 Å². The first-order chi connectivity index (χ1) is 5.61. The molecule has 0 fully saturated rings. The van der Waals surface area contributed by atoms with Crippen LogP contribution in [0.3, 0.4) is 0 Å². The number of carboxylic acids is 1. The average Bonchev–Trinajstić information content (AvgIpc) is 2.04. The van der Waals surface area contributed by atoms with Gasteiger partial charge in [0.2, 0.25) is 0 Å². The molecule has 0 aromatic carbocycles. The van der Waals surface area contributed by atoms with Crippen molar-refractivity contribution in [3.63, 3.8) is 0 Å². The largest absolute Gasteiger partial charge is 0.481 e. The summed E-state index contributed by atoms with van der Waals surface area (Å²) in [6.45, 7) is 1.81. The molecule has 0 aliphatic heterocycles. The van der Waals surface area contributed by atoms with Gasteiger partial charge in [0.1, 0.15) is 12.2 Å². The molecule has 0 saturated carbocycles. The molecule has 4 heteroatoms. The summed E-state index contributed by atoms with van der Waals surface area (Å²) in [5.41, 5.74) is 0. The highest BCUT2D eigenvalue weighted by molar-refractivity contribution is 5.86. The highest BCUT2D eigenvalue weighted by atomic mass is 16.4. The number of carbonyl (C=O) groups excluding carboxylic acids is 1. The molecule has 0 saturated heterocycles. The van der Waals surface area contributed by atoms with Crippen molar-refractivity contribution >= 4 is 12.3 Å². The van der Waals surface area contributed by atoms with Gasteiger partial charge in [-0.15, -0.1) is 0 Å². The molecule has 0 amide bonds. The predicted molar refractivity (Wildman–Crippen MR) is 42.7 cm³/mol. The second-order valence-corrected chi connectivity index (χ2v) is 2.72. The first-order valence-corrected chi connectivity index (χ1v) is 3.98. The van der Waals surface area contributed by atoms with Crippen molar-refractivity contribution in [2.75, 3.05) is 0 Å². The molecule has 70 valence electrons. The third-order valence-corrected chi connectivity index (χ3v) is 1.76. The van der Waals surface area contributed by atoms with Gasteiger partial charge in [-0.25, -0.2) is 0 Å². The lowest BCUT2D eigenvalue weighted by Gasteiger charge is -2.08. The van der Waals surface area contributed by atoms with Crippen LogP contribution in [0.4, 0.5) is 0 Å². The van der Waals surface area contributed by atoms with Gasteiger partial charge in [0, 0.05) is 0 Å². The molecule has 2 atom stereocenters. The summed E-state index contributed by atoms with van der Waals surface area (Å²) in [6, 6.07) is 0. The van der Waals surface area contributed by atoms with Gasteiger partial charge in [0.05, 0.1) is 6.10 Å². The Hall–Kier alpha value is -0.900. The molecule has 12 heavy (non-hydrogen) atoms. The van der Waals surface area contributed by atoms with Gasteiger partial charge in [-0.2, -0.15) is 0 Å². The van der Waals surface area contributed by atoms with E-state index in [1.807, 2.05) is 0 Å². The summed E-state index contributed by atoms with van der Waals surface area (Å²) in [5.74, 6) is -2.08. The van der Waals surface area contributed by atoms with Crippen LogP contribution in [-0.2, 0) is 9.59 Å². The van der Waals surface area contributed by atoms with Crippen LogP contribution in [0.2, 0.25) is 0 Å². The highest BCUT2D eigenvalue weighted by Crippen LogP contribution is 2.08. The van der Waals surface area contributed by atoms with Crippen molar-refractivity contribution in [2.45, 2.75) is 32.3 Å². The molecule has 0 bridgehead atoms. The summed E-state index contributed by atoms with van der Waals surface area (Å²) in [7, 11) is 0. The standard InChI is InChI=1S/C8H14O4/c1-2-7(10)4-3-6(5-9)8(11)12/h5-7,10H,2-4H2,1H3,(H,11,12). The maximum atomic E-state index is 10.3. The molecule has 0 aliphatic carbocycles. The molecule has 2 unspecified atom stereocenters. The minimum absolute atomic E-state index is 0.216. The third kappa shape index (κ3) is 4.08. The number of rotatable bonds is 6. The van der Waals surface area contributed by atoms with Crippen molar-refractivity contribution in [1.29, 1.82) is 0 Å². The second-order valence-electron chi connectivity index (χ2n) is 2.72. The molecule has 0 radical (unpaired) electrons. The van der Waals surface area contributed by atoms with Crippen LogP contribution < -0.4 is 0 Å². The molecule has 0 heterocycles. The van der Waals surface area contributed by atoms with Gasteiger partial charge < -0.3 is 15.0 Å². The van der Waals surface area contributed by atoms with Gasteiger partial charge in [-0.05, 0) is 19.3 Å². The number of carboxylic acid groups (broad SMARTS) is 1. The lowest BCUT2D eigenvalue weighted by molar-refractivity contribution is -0.143. The van der Waals surface area contributed by atoms with Crippen molar-refractivity contribution in [3.8, 4) is 0 Å². The zero-order valence-corrected chi connectivity index (χ0v) is 7.06. The molecule has 2 N–H and O–H groups in total. The second kappa shape index (κ2) is 5.71. The Morgan fingerprint density at radius 1 is 1.50 bits per heavy atom. The van der Waals surface area contributed by atoms with Crippen LogP contribution in [0.25, 0.3) is 0 Å². The zero-order chi connectivity index (χ0) is 9.56. The molecule has 4 nitrogen and oxygen atoms in total. The van der Waals surface area contributed by atoms with Gasteiger partial charge in [-0.3, -0.25) is 4.79 Å². The monoisotopic (exact) mass is 174 g/mol. The molecular weight excluding hydrogens is 160 g/mol. The maximum Gasteiger partial charge on any atom is 0.313 e. The predicted octanol–water partition coefficient (Wildman–Crippen LogP) is 0.437. The Morgan fingerprint density at radius 3 is 2.42 bits per heavy atom. The first-order valence-electron chi connectivity index (χ1n) is 3.98. The maximum absolute atomic E-state index is 10.3. The number of aliphatic hydroxyl groups excluding tert-OH is 1.